The number of aryl methyl sites for hydroxylation is 1. The van der Waals surface area contributed by atoms with Gasteiger partial charge in [0.25, 0.3) is 0 Å². The molecule has 1 aliphatic rings. The Balaban J connectivity index is 1.81. The number of amides is 1. The SMILES string of the molecule is CC(=O)NC[C@H]1C[C@@H]1c1cccn2nc(C)cc12. The lowest BCUT2D eigenvalue weighted by atomic mass is 10.1. The lowest BCUT2D eigenvalue weighted by Gasteiger charge is -2.04. The monoisotopic (exact) mass is 243 g/mol. The molecule has 1 fully saturated rings. The van der Waals surface area contributed by atoms with Crippen molar-refractivity contribution in [2.75, 3.05) is 6.54 Å². The summed E-state index contributed by atoms with van der Waals surface area (Å²) in [5, 5.41) is 7.33. The molecule has 18 heavy (non-hydrogen) atoms. The number of carbonyl (C=O) groups is 1. The van der Waals surface area contributed by atoms with Gasteiger partial charge in [0.15, 0.2) is 0 Å². The fraction of sp³-hybridized carbons (Fsp3) is 0.429. The molecule has 2 aromatic heterocycles. The molecule has 4 nitrogen and oxygen atoms in total. The molecule has 2 heterocycles. The molecule has 1 amide bonds. The van der Waals surface area contributed by atoms with Crippen molar-refractivity contribution in [3.8, 4) is 0 Å². The number of pyridine rings is 1. The highest BCUT2D eigenvalue weighted by molar-refractivity contribution is 5.72. The van der Waals surface area contributed by atoms with E-state index in [2.05, 4.69) is 22.5 Å². The van der Waals surface area contributed by atoms with Gasteiger partial charge in [-0.15, -0.1) is 0 Å². The maximum absolute atomic E-state index is 10.9. The smallest absolute Gasteiger partial charge is 0.216 e. The van der Waals surface area contributed by atoms with Crippen molar-refractivity contribution in [1.29, 1.82) is 0 Å². The topological polar surface area (TPSA) is 46.4 Å². The number of hydrogen-bond acceptors (Lipinski definition) is 2. The van der Waals surface area contributed by atoms with Crippen molar-refractivity contribution in [3.05, 3.63) is 35.7 Å². The van der Waals surface area contributed by atoms with Gasteiger partial charge in [-0.05, 0) is 42.9 Å². The Hall–Kier alpha value is -1.84. The first-order chi connectivity index (χ1) is 8.65. The van der Waals surface area contributed by atoms with Crippen molar-refractivity contribution >= 4 is 11.4 Å². The summed E-state index contributed by atoms with van der Waals surface area (Å²) in [6.45, 7) is 4.37. The second kappa shape index (κ2) is 4.12. The van der Waals surface area contributed by atoms with Gasteiger partial charge in [0.05, 0.1) is 11.2 Å². The van der Waals surface area contributed by atoms with Crippen LogP contribution in [0.25, 0.3) is 5.52 Å². The Morgan fingerprint density at radius 1 is 1.61 bits per heavy atom. The van der Waals surface area contributed by atoms with Crippen molar-refractivity contribution in [3.63, 3.8) is 0 Å². The Bertz CT molecular complexity index is 602. The minimum Gasteiger partial charge on any atom is -0.356 e. The predicted molar refractivity (Wildman–Crippen MR) is 69.5 cm³/mol. The zero-order valence-electron chi connectivity index (χ0n) is 10.7. The Morgan fingerprint density at radius 3 is 3.22 bits per heavy atom. The normalized spacial score (nSPS) is 22.1. The van der Waals surface area contributed by atoms with Crippen LogP contribution in [0.5, 0.6) is 0 Å². The summed E-state index contributed by atoms with van der Waals surface area (Å²) in [5.41, 5.74) is 3.60. The van der Waals surface area contributed by atoms with Gasteiger partial charge < -0.3 is 5.32 Å². The molecule has 1 aliphatic carbocycles. The molecule has 94 valence electrons. The van der Waals surface area contributed by atoms with Gasteiger partial charge in [0.1, 0.15) is 0 Å². The molecular formula is C14H17N3O. The second-order valence-electron chi connectivity index (χ2n) is 5.12. The minimum atomic E-state index is 0.0547. The van der Waals surface area contributed by atoms with Gasteiger partial charge in [-0.1, -0.05) is 6.07 Å². The van der Waals surface area contributed by atoms with Gasteiger partial charge in [0, 0.05) is 19.7 Å². The lowest BCUT2D eigenvalue weighted by Crippen LogP contribution is -2.22. The summed E-state index contributed by atoms with van der Waals surface area (Å²) < 4.78 is 1.94. The third-order valence-corrected chi connectivity index (χ3v) is 3.59. The van der Waals surface area contributed by atoms with Crippen LogP contribution >= 0.6 is 0 Å². The molecule has 0 unspecified atom stereocenters. The van der Waals surface area contributed by atoms with Crippen molar-refractivity contribution in [2.45, 2.75) is 26.2 Å². The van der Waals surface area contributed by atoms with E-state index < -0.39 is 0 Å². The van der Waals surface area contributed by atoms with Gasteiger partial charge >= 0.3 is 0 Å². The highest BCUT2D eigenvalue weighted by Gasteiger charge is 2.39. The molecule has 3 rings (SSSR count). The van der Waals surface area contributed by atoms with Gasteiger partial charge in [-0.25, -0.2) is 4.52 Å². The summed E-state index contributed by atoms with van der Waals surface area (Å²) in [4.78, 5) is 10.9. The highest BCUT2D eigenvalue weighted by atomic mass is 16.1. The zero-order valence-corrected chi connectivity index (χ0v) is 10.7. The van der Waals surface area contributed by atoms with Crippen LogP contribution < -0.4 is 5.32 Å². The molecule has 0 saturated heterocycles. The van der Waals surface area contributed by atoms with Gasteiger partial charge in [0.2, 0.25) is 5.91 Å². The summed E-state index contributed by atoms with van der Waals surface area (Å²) in [5.74, 6) is 1.20. The average Bonchev–Trinajstić information content (AvgIpc) is 2.98. The van der Waals surface area contributed by atoms with Crippen LogP contribution in [0.4, 0.5) is 0 Å². The number of nitrogens with zero attached hydrogens (tertiary/aromatic N) is 2. The minimum absolute atomic E-state index is 0.0547. The third kappa shape index (κ3) is 1.98. The number of rotatable bonds is 3. The van der Waals surface area contributed by atoms with Crippen molar-refractivity contribution < 1.29 is 4.79 Å². The average molecular weight is 243 g/mol. The first-order valence-electron chi connectivity index (χ1n) is 6.34. The first-order valence-corrected chi connectivity index (χ1v) is 6.34. The van der Waals surface area contributed by atoms with E-state index in [1.807, 2.05) is 23.7 Å². The largest absolute Gasteiger partial charge is 0.356 e. The Morgan fingerprint density at radius 2 is 2.44 bits per heavy atom. The summed E-state index contributed by atoms with van der Waals surface area (Å²) in [6.07, 6.45) is 3.14. The van der Waals surface area contributed by atoms with Gasteiger partial charge in [-0.3, -0.25) is 4.79 Å². The van der Waals surface area contributed by atoms with E-state index in [0.29, 0.717) is 11.8 Å². The van der Waals surface area contributed by atoms with Crippen LogP contribution in [-0.4, -0.2) is 22.1 Å². The molecule has 1 N–H and O–H groups in total. The number of aromatic nitrogens is 2. The molecule has 0 aromatic carbocycles. The molecule has 1 saturated carbocycles. The van der Waals surface area contributed by atoms with Crippen molar-refractivity contribution in [2.24, 2.45) is 5.92 Å². The van der Waals surface area contributed by atoms with E-state index in [1.165, 1.54) is 11.1 Å². The Labute approximate surface area is 106 Å². The molecule has 4 heteroatoms. The van der Waals surface area contributed by atoms with Crippen LogP contribution in [0.1, 0.15) is 30.5 Å². The number of carbonyl (C=O) groups excluding carboxylic acids is 1. The molecule has 0 bridgehead atoms. The molecule has 0 spiro atoms. The number of nitrogens with one attached hydrogen (secondary N) is 1. The maximum atomic E-state index is 10.9. The van der Waals surface area contributed by atoms with Crippen LogP contribution in [0.15, 0.2) is 24.4 Å². The Kier molecular flexibility index (Phi) is 2.58. The summed E-state index contributed by atoms with van der Waals surface area (Å²) in [6, 6.07) is 6.35. The van der Waals surface area contributed by atoms with Gasteiger partial charge in [-0.2, -0.15) is 5.10 Å². The van der Waals surface area contributed by atoms with E-state index >= 15 is 0 Å². The van der Waals surface area contributed by atoms with E-state index in [9.17, 15) is 4.79 Å². The van der Waals surface area contributed by atoms with Crippen LogP contribution in [0.2, 0.25) is 0 Å². The fourth-order valence-electron chi connectivity index (χ4n) is 2.60. The maximum Gasteiger partial charge on any atom is 0.216 e. The molecule has 2 aromatic rings. The van der Waals surface area contributed by atoms with E-state index in [4.69, 9.17) is 0 Å². The van der Waals surface area contributed by atoms with Crippen molar-refractivity contribution in [1.82, 2.24) is 14.9 Å². The van der Waals surface area contributed by atoms with E-state index in [-0.39, 0.29) is 5.91 Å². The predicted octanol–water partition coefficient (Wildman–Crippen LogP) is 1.88. The number of hydrogen-bond donors (Lipinski definition) is 1. The van der Waals surface area contributed by atoms with Crippen LogP contribution in [0, 0.1) is 12.8 Å². The molecule has 2 atom stereocenters. The van der Waals surface area contributed by atoms with E-state index in [0.717, 1.165) is 18.7 Å². The lowest BCUT2D eigenvalue weighted by molar-refractivity contribution is -0.119. The third-order valence-electron chi connectivity index (χ3n) is 3.59. The quantitative estimate of drug-likeness (QED) is 0.894. The molecule has 0 radical (unpaired) electrons. The molecule has 0 aliphatic heterocycles. The highest BCUT2D eigenvalue weighted by Crippen LogP contribution is 2.48. The summed E-state index contributed by atoms with van der Waals surface area (Å²) >= 11 is 0. The fourth-order valence-corrected chi connectivity index (χ4v) is 2.60. The summed E-state index contributed by atoms with van der Waals surface area (Å²) in [7, 11) is 0. The molecular weight excluding hydrogens is 226 g/mol. The second-order valence-corrected chi connectivity index (χ2v) is 5.12. The standard InChI is InChI=1S/C14H17N3O/c1-9-6-14-12(4-3-5-17(14)16-9)13-7-11(13)8-15-10(2)18/h3-6,11,13H,7-8H2,1-2H3,(H,15,18)/t11-,13+/m1/s1. The zero-order chi connectivity index (χ0) is 12.7. The van der Waals surface area contributed by atoms with Crippen LogP contribution in [-0.2, 0) is 4.79 Å². The number of fused-ring (bicyclic) bond motifs is 1. The van der Waals surface area contributed by atoms with Crippen LogP contribution in [0.3, 0.4) is 0 Å². The first kappa shape index (κ1) is 11.3. The van der Waals surface area contributed by atoms with E-state index in [1.54, 1.807) is 6.92 Å².